The normalized spacial score (nSPS) is 15.4. The fourth-order valence-electron chi connectivity index (χ4n) is 3.77. The van der Waals surface area contributed by atoms with Crippen LogP contribution < -0.4 is 10.1 Å². The van der Waals surface area contributed by atoms with Gasteiger partial charge in [0.15, 0.2) is 0 Å². The molecule has 1 aromatic heterocycles. The van der Waals surface area contributed by atoms with Crippen LogP contribution >= 0.6 is 22.9 Å². The van der Waals surface area contributed by atoms with E-state index in [9.17, 15) is 4.79 Å². The summed E-state index contributed by atoms with van der Waals surface area (Å²) in [5.74, 6) is 0.634. The lowest BCUT2D eigenvalue weighted by Crippen LogP contribution is -2.43. The minimum atomic E-state index is -0.133. The van der Waals surface area contributed by atoms with E-state index < -0.39 is 0 Å². The van der Waals surface area contributed by atoms with Gasteiger partial charge in [0.05, 0.1) is 30.0 Å². The van der Waals surface area contributed by atoms with Gasteiger partial charge in [-0.15, -0.1) is 11.3 Å². The zero-order chi connectivity index (χ0) is 23.8. The van der Waals surface area contributed by atoms with Crippen LogP contribution in [0.5, 0.6) is 5.75 Å². The molecule has 8 heteroatoms. The molecule has 4 rings (SSSR count). The Morgan fingerprint density at radius 2 is 1.94 bits per heavy atom. The highest BCUT2D eigenvalue weighted by atomic mass is 35.5. The number of rotatable bonds is 9. The van der Waals surface area contributed by atoms with Crippen LogP contribution in [-0.2, 0) is 16.1 Å². The molecule has 1 saturated heterocycles. The number of halogens is 1. The highest BCUT2D eigenvalue weighted by molar-refractivity contribution is 7.09. The second-order valence-electron chi connectivity index (χ2n) is 8.01. The van der Waals surface area contributed by atoms with Gasteiger partial charge in [-0.1, -0.05) is 35.9 Å². The van der Waals surface area contributed by atoms with Crippen LogP contribution in [0.2, 0.25) is 5.02 Å². The summed E-state index contributed by atoms with van der Waals surface area (Å²) in [7, 11) is 0. The molecule has 34 heavy (non-hydrogen) atoms. The Kier molecular flexibility index (Phi) is 8.71. The SMILES string of the molecule is Cc1nc(COc2ccc(C=CC(=O)NCC(c3ccc(Cl)cc3)N3CCOCC3)cc2)cs1. The van der Waals surface area contributed by atoms with Crippen molar-refractivity contribution in [2.75, 3.05) is 32.8 Å². The van der Waals surface area contributed by atoms with Gasteiger partial charge in [-0.2, -0.15) is 0 Å². The predicted octanol–water partition coefficient (Wildman–Crippen LogP) is 4.89. The summed E-state index contributed by atoms with van der Waals surface area (Å²) in [5.41, 5.74) is 2.98. The number of carbonyl (C=O) groups is 1. The number of nitrogens with zero attached hydrogens (tertiary/aromatic N) is 2. The van der Waals surface area contributed by atoms with Gasteiger partial charge in [0.25, 0.3) is 0 Å². The van der Waals surface area contributed by atoms with Crippen molar-refractivity contribution < 1.29 is 14.3 Å². The fraction of sp³-hybridized carbons (Fsp3) is 0.308. The van der Waals surface area contributed by atoms with Crippen molar-refractivity contribution in [2.24, 2.45) is 0 Å². The Morgan fingerprint density at radius 1 is 1.21 bits per heavy atom. The van der Waals surface area contributed by atoms with E-state index in [0.29, 0.717) is 31.4 Å². The summed E-state index contributed by atoms with van der Waals surface area (Å²) in [4.78, 5) is 19.3. The monoisotopic (exact) mass is 497 g/mol. The second kappa shape index (κ2) is 12.1. The van der Waals surface area contributed by atoms with Gasteiger partial charge in [-0.25, -0.2) is 4.98 Å². The van der Waals surface area contributed by atoms with E-state index in [1.54, 1.807) is 23.5 Å². The number of aromatic nitrogens is 1. The number of amides is 1. The average molecular weight is 498 g/mol. The third kappa shape index (κ3) is 7.14. The third-order valence-electron chi connectivity index (χ3n) is 5.57. The number of benzene rings is 2. The molecule has 6 nitrogen and oxygen atoms in total. The minimum Gasteiger partial charge on any atom is -0.487 e. The Morgan fingerprint density at radius 3 is 2.62 bits per heavy atom. The number of ether oxygens (including phenoxy) is 2. The summed E-state index contributed by atoms with van der Waals surface area (Å²) in [5, 5.41) is 6.77. The molecule has 0 aliphatic carbocycles. The largest absolute Gasteiger partial charge is 0.487 e. The molecule has 2 aromatic carbocycles. The standard InChI is InChI=1S/C26H28ClN3O3S/c1-19-29-23(18-34-19)17-33-24-9-2-20(3-10-24)4-11-26(31)28-16-25(30-12-14-32-15-13-30)21-5-7-22(27)8-6-21/h2-11,18,25H,12-17H2,1H3,(H,28,31). The van der Waals surface area contributed by atoms with Crippen molar-refractivity contribution in [2.45, 2.75) is 19.6 Å². The first-order valence-corrected chi connectivity index (χ1v) is 12.5. The molecule has 0 spiro atoms. The third-order valence-corrected chi connectivity index (χ3v) is 6.65. The maximum absolute atomic E-state index is 12.5. The number of nitrogens with one attached hydrogen (secondary N) is 1. The number of thiazole rings is 1. The average Bonchev–Trinajstić information content (AvgIpc) is 3.29. The number of aryl methyl sites for hydroxylation is 1. The lowest BCUT2D eigenvalue weighted by Gasteiger charge is -2.34. The topological polar surface area (TPSA) is 63.7 Å². The summed E-state index contributed by atoms with van der Waals surface area (Å²) < 4.78 is 11.3. The zero-order valence-corrected chi connectivity index (χ0v) is 20.6. The second-order valence-corrected chi connectivity index (χ2v) is 9.51. The van der Waals surface area contributed by atoms with Crippen LogP contribution in [0.15, 0.2) is 60.0 Å². The summed E-state index contributed by atoms with van der Waals surface area (Å²) in [6.07, 6.45) is 3.36. The zero-order valence-electron chi connectivity index (χ0n) is 19.1. The molecule has 2 heterocycles. The first-order valence-electron chi connectivity index (χ1n) is 11.2. The summed E-state index contributed by atoms with van der Waals surface area (Å²) in [6.45, 7) is 5.98. The van der Waals surface area contributed by atoms with E-state index in [-0.39, 0.29) is 11.9 Å². The molecule has 1 fully saturated rings. The highest BCUT2D eigenvalue weighted by Gasteiger charge is 2.23. The molecular formula is C26H28ClN3O3S. The number of hydrogen-bond acceptors (Lipinski definition) is 6. The smallest absolute Gasteiger partial charge is 0.244 e. The van der Waals surface area contributed by atoms with Crippen molar-refractivity contribution >= 4 is 34.9 Å². The highest BCUT2D eigenvalue weighted by Crippen LogP contribution is 2.23. The Balaban J connectivity index is 1.30. The van der Waals surface area contributed by atoms with Gasteiger partial charge in [-0.05, 0) is 48.4 Å². The van der Waals surface area contributed by atoms with E-state index in [4.69, 9.17) is 21.1 Å². The molecule has 0 radical (unpaired) electrons. The van der Waals surface area contributed by atoms with Crippen LogP contribution in [-0.4, -0.2) is 48.6 Å². The maximum Gasteiger partial charge on any atom is 0.244 e. The van der Waals surface area contributed by atoms with E-state index in [2.05, 4.69) is 15.2 Å². The molecule has 1 unspecified atom stereocenters. The van der Waals surface area contributed by atoms with Crippen LogP contribution in [0.4, 0.5) is 0 Å². The fourth-order valence-corrected chi connectivity index (χ4v) is 4.49. The molecule has 1 N–H and O–H groups in total. The first kappa shape index (κ1) is 24.4. The summed E-state index contributed by atoms with van der Waals surface area (Å²) >= 11 is 7.68. The van der Waals surface area contributed by atoms with Gasteiger partial charge >= 0.3 is 0 Å². The molecule has 1 atom stereocenters. The van der Waals surface area contributed by atoms with E-state index >= 15 is 0 Å². The van der Waals surface area contributed by atoms with Gasteiger partial charge < -0.3 is 14.8 Å². The molecular weight excluding hydrogens is 470 g/mol. The Labute approximate surface area is 209 Å². The maximum atomic E-state index is 12.5. The number of morpholine rings is 1. The quantitative estimate of drug-likeness (QED) is 0.426. The molecule has 0 bridgehead atoms. The van der Waals surface area contributed by atoms with Crippen LogP contribution in [0.3, 0.4) is 0 Å². The van der Waals surface area contributed by atoms with Crippen molar-refractivity contribution in [3.63, 3.8) is 0 Å². The number of hydrogen-bond donors (Lipinski definition) is 1. The van der Waals surface area contributed by atoms with Gasteiger partial charge in [-0.3, -0.25) is 9.69 Å². The van der Waals surface area contributed by atoms with E-state index in [0.717, 1.165) is 40.7 Å². The Bertz CT molecular complexity index is 1090. The molecule has 1 aliphatic rings. The van der Waals surface area contributed by atoms with Crippen LogP contribution in [0.1, 0.15) is 27.9 Å². The minimum absolute atomic E-state index is 0.0662. The van der Waals surface area contributed by atoms with Gasteiger partial charge in [0.1, 0.15) is 12.4 Å². The van der Waals surface area contributed by atoms with Crippen molar-refractivity contribution in [1.29, 1.82) is 0 Å². The van der Waals surface area contributed by atoms with Crippen LogP contribution in [0, 0.1) is 6.92 Å². The lowest BCUT2D eigenvalue weighted by molar-refractivity contribution is -0.116. The van der Waals surface area contributed by atoms with Crippen molar-refractivity contribution in [3.05, 3.63) is 86.8 Å². The van der Waals surface area contributed by atoms with E-state index in [1.165, 1.54) is 0 Å². The van der Waals surface area contributed by atoms with E-state index in [1.807, 2.05) is 60.8 Å². The summed E-state index contributed by atoms with van der Waals surface area (Å²) in [6, 6.07) is 15.5. The van der Waals surface area contributed by atoms with Crippen LogP contribution in [0.25, 0.3) is 6.08 Å². The molecule has 178 valence electrons. The molecule has 1 amide bonds. The molecule has 0 saturated carbocycles. The first-order chi connectivity index (χ1) is 16.6. The van der Waals surface area contributed by atoms with Crippen molar-refractivity contribution in [3.8, 4) is 5.75 Å². The van der Waals surface area contributed by atoms with Crippen molar-refractivity contribution in [1.82, 2.24) is 15.2 Å². The predicted molar refractivity (Wildman–Crippen MR) is 136 cm³/mol. The van der Waals surface area contributed by atoms with Gasteiger partial charge in [0.2, 0.25) is 5.91 Å². The molecule has 3 aromatic rings. The molecule has 1 aliphatic heterocycles. The lowest BCUT2D eigenvalue weighted by atomic mass is 10.0. The van der Waals surface area contributed by atoms with Gasteiger partial charge in [0, 0.05) is 36.1 Å². The number of carbonyl (C=O) groups excluding carboxylic acids is 1. The Hall–Kier alpha value is -2.71.